The Morgan fingerprint density at radius 2 is 2.27 bits per heavy atom. The number of nitrogens with one attached hydrogen (secondary N) is 1. The molecule has 0 saturated heterocycles. The summed E-state index contributed by atoms with van der Waals surface area (Å²) in [6.07, 6.45) is 0.789. The summed E-state index contributed by atoms with van der Waals surface area (Å²) in [7, 11) is 0. The van der Waals surface area contributed by atoms with Crippen LogP contribution in [0.5, 0.6) is 5.75 Å². The van der Waals surface area contributed by atoms with Crippen molar-refractivity contribution in [3.05, 3.63) is 23.2 Å². The number of aromatic hydroxyl groups is 1. The second-order valence-corrected chi connectivity index (χ2v) is 3.87. The molecule has 0 aliphatic carbocycles. The molecule has 1 atom stereocenters. The van der Waals surface area contributed by atoms with Crippen LogP contribution in [0.3, 0.4) is 0 Å². The third kappa shape index (κ3) is 3.13. The predicted octanol–water partition coefficient (Wildman–Crippen LogP) is 3.03. The van der Waals surface area contributed by atoms with Gasteiger partial charge in [-0.25, -0.2) is 0 Å². The van der Waals surface area contributed by atoms with Gasteiger partial charge in [-0.3, -0.25) is 4.79 Å². The highest BCUT2D eigenvalue weighted by Gasteiger charge is 2.10. The minimum atomic E-state index is -0.0424. The summed E-state index contributed by atoms with van der Waals surface area (Å²) >= 11 is 5.71. The number of hydrogen-bond donors (Lipinski definition) is 2. The molecular formula is C11H14ClNO2. The molecule has 0 spiro atoms. The lowest BCUT2D eigenvalue weighted by molar-refractivity contribution is -0.119. The molecule has 15 heavy (non-hydrogen) atoms. The Kier molecular flexibility index (Phi) is 3.97. The molecule has 0 aromatic heterocycles. The molecule has 3 nitrogen and oxygen atoms in total. The van der Waals surface area contributed by atoms with E-state index in [1.165, 1.54) is 12.1 Å². The van der Waals surface area contributed by atoms with Crippen molar-refractivity contribution < 1.29 is 9.90 Å². The van der Waals surface area contributed by atoms with Gasteiger partial charge in [0.25, 0.3) is 0 Å². The Morgan fingerprint density at radius 1 is 1.60 bits per heavy atom. The number of amides is 1. The first-order chi connectivity index (χ1) is 7.04. The fourth-order valence-corrected chi connectivity index (χ4v) is 1.22. The van der Waals surface area contributed by atoms with Gasteiger partial charge < -0.3 is 10.4 Å². The first-order valence-corrected chi connectivity index (χ1v) is 5.21. The van der Waals surface area contributed by atoms with Crippen molar-refractivity contribution >= 4 is 23.2 Å². The van der Waals surface area contributed by atoms with E-state index in [0.717, 1.165) is 6.42 Å². The normalized spacial score (nSPS) is 12.2. The van der Waals surface area contributed by atoms with Crippen LogP contribution in [-0.2, 0) is 4.79 Å². The summed E-state index contributed by atoms with van der Waals surface area (Å²) in [6, 6.07) is 4.59. The van der Waals surface area contributed by atoms with Gasteiger partial charge in [-0.2, -0.15) is 0 Å². The molecule has 82 valence electrons. The Balaban J connectivity index is 2.73. The van der Waals surface area contributed by atoms with Crippen LogP contribution in [-0.4, -0.2) is 11.0 Å². The van der Waals surface area contributed by atoms with E-state index >= 15 is 0 Å². The number of anilines is 1. The number of phenols is 1. The largest absolute Gasteiger partial charge is 0.506 e. The molecule has 1 rings (SSSR count). The van der Waals surface area contributed by atoms with Crippen LogP contribution in [0.25, 0.3) is 0 Å². The van der Waals surface area contributed by atoms with E-state index in [0.29, 0.717) is 5.69 Å². The zero-order valence-corrected chi connectivity index (χ0v) is 9.51. The van der Waals surface area contributed by atoms with Gasteiger partial charge in [-0.1, -0.05) is 25.4 Å². The summed E-state index contributed by atoms with van der Waals surface area (Å²) < 4.78 is 0. The summed E-state index contributed by atoms with van der Waals surface area (Å²) in [6.45, 7) is 3.81. The molecule has 4 heteroatoms. The maximum absolute atomic E-state index is 11.5. The monoisotopic (exact) mass is 227 g/mol. The quantitative estimate of drug-likeness (QED) is 0.780. The van der Waals surface area contributed by atoms with Crippen LogP contribution in [0.2, 0.25) is 5.02 Å². The van der Waals surface area contributed by atoms with E-state index in [-0.39, 0.29) is 22.6 Å². The van der Waals surface area contributed by atoms with Crippen molar-refractivity contribution in [3.8, 4) is 5.75 Å². The number of halogens is 1. The summed E-state index contributed by atoms with van der Waals surface area (Å²) in [5, 5.41) is 12.1. The highest BCUT2D eigenvalue weighted by molar-refractivity contribution is 6.32. The molecule has 1 aromatic carbocycles. The Bertz CT molecular complexity index is 366. The zero-order valence-electron chi connectivity index (χ0n) is 8.75. The molecule has 1 aromatic rings. The average molecular weight is 228 g/mol. The van der Waals surface area contributed by atoms with E-state index < -0.39 is 0 Å². The molecule has 1 amide bonds. The van der Waals surface area contributed by atoms with Gasteiger partial charge in [0, 0.05) is 11.6 Å². The predicted molar refractivity (Wildman–Crippen MR) is 61.2 cm³/mol. The van der Waals surface area contributed by atoms with Gasteiger partial charge in [-0.05, 0) is 24.6 Å². The second-order valence-electron chi connectivity index (χ2n) is 3.46. The molecular weight excluding hydrogens is 214 g/mol. The van der Waals surface area contributed by atoms with Gasteiger partial charge in [0.05, 0.1) is 5.02 Å². The number of carbonyl (C=O) groups excluding carboxylic acids is 1. The molecule has 0 fully saturated rings. The van der Waals surface area contributed by atoms with Gasteiger partial charge in [0.1, 0.15) is 5.75 Å². The minimum absolute atomic E-state index is 0.0122. The van der Waals surface area contributed by atoms with Crippen LogP contribution >= 0.6 is 11.6 Å². The van der Waals surface area contributed by atoms with E-state index in [2.05, 4.69) is 5.32 Å². The Labute approximate surface area is 94.1 Å². The van der Waals surface area contributed by atoms with Gasteiger partial charge in [0.2, 0.25) is 5.91 Å². The molecule has 0 bridgehead atoms. The molecule has 0 radical (unpaired) electrons. The number of phenolic OH excluding ortho intramolecular Hbond substituents is 1. The average Bonchev–Trinajstić information content (AvgIpc) is 2.22. The highest BCUT2D eigenvalue weighted by Crippen LogP contribution is 2.26. The van der Waals surface area contributed by atoms with Crippen molar-refractivity contribution in [2.24, 2.45) is 5.92 Å². The van der Waals surface area contributed by atoms with Crippen molar-refractivity contribution in [1.29, 1.82) is 0 Å². The van der Waals surface area contributed by atoms with Gasteiger partial charge in [0.15, 0.2) is 0 Å². The van der Waals surface area contributed by atoms with E-state index in [9.17, 15) is 9.90 Å². The lowest BCUT2D eigenvalue weighted by Crippen LogP contribution is -2.19. The van der Waals surface area contributed by atoms with Gasteiger partial charge in [-0.15, -0.1) is 0 Å². The molecule has 1 unspecified atom stereocenters. The lowest BCUT2D eigenvalue weighted by atomic mass is 10.1. The smallest absolute Gasteiger partial charge is 0.227 e. The maximum Gasteiger partial charge on any atom is 0.227 e. The Hall–Kier alpha value is -1.22. The van der Waals surface area contributed by atoms with E-state index in [1.807, 2.05) is 13.8 Å². The minimum Gasteiger partial charge on any atom is -0.506 e. The van der Waals surface area contributed by atoms with Crippen molar-refractivity contribution in [2.75, 3.05) is 5.32 Å². The number of carbonyl (C=O) groups is 1. The standard InChI is InChI=1S/C11H14ClNO2/c1-3-7(2)11(15)13-8-4-5-10(14)9(12)6-8/h4-7,14H,3H2,1-2H3,(H,13,15). The lowest BCUT2D eigenvalue weighted by Gasteiger charge is -2.10. The third-order valence-electron chi connectivity index (χ3n) is 2.28. The third-order valence-corrected chi connectivity index (χ3v) is 2.58. The SMILES string of the molecule is CCC(C)C(=O)Nc1ccc(O)c(Cl)c1. The number of rotatable bonds is 3. The summed E-state index contributed by atoms with van der Waals surface area (Å²) in [4.78, 5) is 11.5. The first kappa shape index (κ1) is 11.9. The Morgan fingerprint density at radius 3 is 2.80 bits per heavy atom. The molecule has 2 N–H and O–H groups in total. The van der Waals surface area contributed by atoms with Gasteiger partial charge >= 0.3 is 0 Å². The van der Waals surface area contributed by atoms with Crippen LogP contribution in [0.1, 0.15) is 20.3 Å². The van der Waals surface area contributed by atoms with E-state index in [4.69, 9.17) is 11.6 Å². The van der Waals surface area contributed by atoms with Crippen molar-refractivity contribution in [2.45, 2.75) is 20.3 Å². The fourth-order valence-electron chi connectivity index (χ4n) is 1.04. The van der Waals surface area contributed by atoms with Crippen LogP contribution in [0.15, 0.2) is 18.2 Å². The molecule has 0 aliphatic heterocycles. The summed E-state index contributed by atoms with van der Waals surface area (Å²) in [5.74, 6) is -0.0601. The first-order valence-electron chi connectivity index (χ1n) is 4.84. The highest BCUT2D eigenvalue weighted by atomic mass is 35.5. The van der Waals surface area contributed by atoms with Crippen molar-refractivity contribution in [3.63, 3.8) is 0 Å². The fraction of sp³-hybridized carbons (Fsp3) is 0.364. The molecule has 0 heterocycles. The number of hydrogen-bond acceptors (Lipinski definition) is 2. The number of benzene rings is 1. The van der Waals surface area contributed by atoms with Crippen LogP contribution in [0.4, 0.5) is 5.69 Å². The second kappa shape index (κ2) is 5.03. The van der Waals surface area contributed by atoms with Crippen molar-refractivity contribution in [1.82, 2.24) is 0 Å². The van der Waals surface area contributed by atoms with E-state index in [1.54, 1.807) is 6.07 Å². The zero-order chi connectivity index (χ0) is 11.4. The van der Waals surface area contributed by atoms with Crippen LogP contribution < -0.4 is 5.32 Å². The maximum atomic E-state index is 11.5. The van der Waals surface area contributed by atoms with Crippen LogP contribution in [0, 0.1) is 5.92 Å². The summed E-state index contributed by atoms with van der Waals surface area (Å²) in [5.41, 5.74) is 0.600. The topological polar surface area (TPSA) is 49.3 Å². The molecule has 0 aliphatic rings. The molecule has 0 saturated carbocycles.